The molecule has 1 aliphatic rings. The molecule has 0 atom stereocenters. The molecular weight excluding hydrogens is 336 g/mol. The summed E-state index contributed by atoms with van der Waals surface area (Å²) >= 11 is 0. The lowest BCUT2D eigenvalue weighted by atomic mass is 10.1. The molecule has 0 fully saturated rings. The molecule has 26 heavy (non-hydrogen) atoms. The first-order chi connectivity index (χ1) is 12.5. The van der Waals surface area contributed by atoms with Crippen LogP contribution in [0, 0.1) is 18.6 Å². The molecule has 1 amide bonds. The standard InChI is InChI=1S/C20H17F2N3O/c1-13-4-2-3-5-16(13)19-23-11-15-12-24(8-9-25(15)19)20(26)17-7-6-14(21)10-18(17)22/h2-7,10-11H,8-9,12H2,1H3. The molecule has 0 N–H and O–H groups in total. The Morgan fingerprint density at radius 2 is 1.92 bits per heavy atom. The number of imidazole rings is 1. The third-order valence-corrected chi connectivity index (χ3v) is 4.72. The van der Waals surface area contributed by atoms with Crippen LogP contribution in [0.25, 0.3) is 11.4 Å². The molecule has 0 saturated carbocycles. The molecule has 6 heteroatoms. The molecule has 3 aromatic rings. The Balaban J connectivity index is 1.61. The van der Waals surface area contributed by atoms with Gasteiger partial charge in [0.15, 0.2) is 0 Å². The van der Waals surface area contributed by atoms with Crippen LogP contribution in [-0.4, -0.2) is 26.9 Å². The van der Waals surface area contributed by atoms with Crippen LogP contribution >= 0.6 is 0 Å². The highest BCUT2D eigenvalue weighted by atomic mass is 19.1. The van der Waals surface area contributed by atoms with Crippen LogP contribution in [0.2, 0.25) is 0 Å². The number of amides is 1. The van der Waals surface area contributed by atoms with E-state index in [2.05, 4.69) is 9.55 Å². The zero-order chi connectivity index (χ0) is 18.3. The lowest BCUT2D eigenvalue weighted by Crippen LogP contribution is -2.38. The van der Waals surface area contributed by atoms with Crippen molar-refractivity contribution in [2.75, 3.05) is 6.54 Å². The number of halogens is 2. The highest BCUT2D eigenvalue weighted by Crippen LogP contribution is 2.26. The maximum absolute atomic E-state index is 13.9. The summed E-state index contributed by atoms with van der Waals surface area (Å²) in [5, 5.41) is 0. The summed E-state index contributed by atoms with van der Waals surface area (Å²) in [6.45, 7) is 3.40. The third-order valence-electron chi connectivity index (χ3n) is 4.72. The van der Waals surface area contributed by atoms with Crippen LogP contribution in [0.5, 0.6) is 0 Å². The average molecular weight is 353 g/mol. The number of nitrogens with zero attached hydrogens (tertiary/aromatic N) is 3. The quantitative estimate of drug-likeness (QED) is 0.703. The minimum Gasteiger partial charge on any atom is -0.331 e. The smallest absolute Gasteiger partial charge is 0.257 e. The van der Waals surface area contributed by atoms with E-state index in [1.54, 1.807) is 11.1 Å². The second kappa shape index (κ2) is 6.37. The summed E-state index contributed by atoms with van der Waals surface area (Å²) in [4.78, 5) is 18.7. The maximum Gasteiger partial charge on any atom is 0.257 e. The first-order valence-corrected chi connectivity index (χ1v) is 8.39. The van der Waals surface area contributed by atoms with Crippen LogP contribution < -0.4 is 0 Å². The van der Waals surface area contributed by atoms with Crippen molar-refractivity contribution in [3.63, 3.8) is 0 Å². The van der Waals surface area contributed by atoms with Gasteiger partial charge < -0.3 is 9.47 Å². The number of hydrogen-bond acceptors (Lipinski definition) is 2. The van der Waals surface area contributed by atoms with E-state index in [0.717, 1.165) is 34.8 Å². The normalized spacial score (nSPS) is 13.6. The highest BCUT2D eigenvalue weighted by Gasteiger charge is 2.26. The van der Waals surface area contributed by atoms with Gasteiger partial charge in [-0.2, -0.15) is 0 Å². The molecular formula is C20H17F2N3O. The van der Waals surface area contributed by atoms with E-state index in [4.69, 9.17) is 0 Å². The Labute approximate surface area is 149 Å². The number of aromatic nitrogens is 2. The van der Waals surface area contributed by atoms with E-state index in [1.165, 1.54) is 6.07 Å². The van der Waals surface area contributed by atoms with E-state index in [-0.39, 0.29) is 5.56 Å². The van der Waals surface area contributed by atoms with Crippen molar-refractivity contribution in [2.24, 2.45) is 0 Å². The minimum atomic E-state index is -0.838. The Morgan fingerprint density at radius 3 is 2.69 bits per heavy atom. The summed E-state index contributed by atoms with van der Waals surface area (Å²) in [7, 11) is 0. The molecule has 0 saturated heterocycles. The van der Waals surface area contributed by atoms with E-state index < -0.39 is 17.5 Å². The van der Waals surface area contributed by atoms with Crippen molar-refractivity contribution in [3.8, 4) is 11.4 Å². The van der Waals surface area contributed by atoms with Gasteiger partial charge >= 0.3 is 0 Å². The Bertz CT molecular complexity index is 996. The van der Waals surface area contributed by atoms with Gasteiger partial charge in [-0.25, -0.2) is 13.8 Å². The van der Waals surface area contributed by atoms with Crippen LogP contribution in [-0.2, 0) is 13.1 Å². The predicted molar refractivity (Wildman–Crippen MR) is 93.5 cm³/mol. The molecule has 1 aromatic heterocycles. The van der Waals surface area contributed by atoms with Gasteiger partial charge in [-0.1, -0.05) is 24.3 Å². The fraction of sp³-hybridized carbons (Fsp3) is 0.200. The van der Waals surface area contributed by atoms with Crippen molar-refractivity contribution < 1.29 is 13.6 Å². The van der Waals surface area contributed by atoms with Crippen molar-refractivity contribution in [1.82, 2.24) is 14.5 Å². The van der Waals surface area contributed by atoms with E-state index in [1.807, 2.05) is 31.2 Å². The van der Waals surface area contributed by atoms with Gasteiger partial charge in [0.1, 0.15) is 17.5 Å². The van der Waals surface area contributed by atoms with Crippen molar-refractivity contribution in [1.29, 1.82) is 0 Å². The maximum atomic E-state index is 13.9. The lowest BCUT2D eigenvalue weighted by molar-refractivity contribution is 0.0707. The van der Waals surface area contributed by atoms with Gasteiger partial charge in [-0.15, -0.1) is 0 Å². The fourth-order valence-corrected chi connectivity index (χ4v) is 3.33. The largest absolute Gasteiger partial charge is 0.331 e. The summed E-state index contributed by atoms with van der Waals surface area (Å²) in [5.41, 5.74) is 2.97. The number of rotatable bonds is 2. The molecule has 4 rings (SSSR count). The number of benzene rings is 2. The summed E-state index contributed by atoms with van der Waals surface area (Å²) < 4.78 is 29.1. The molecule has 0 unspecified atom stereocenters. The Morgan fingerprint density at radius 1 is 1.12 bits per heavy atom. The number of hydrogen-bond donors (Lipinski definition) is 0. The number of carbonyl (C=O) groups is 1. The Kier molecular flexibility index (Phi) is 4.03. The van der Waals surface area contributed by atoms with Gasteiger partial charge in [-0.3, -0.25) is 4.79 Å². The Hall–Kier alpha value is -3.02. The number of aryl methyl sites for hydroxylation is 1. The van der Waals surface area contributed by atoms with Crippen LogP contribution in [0.1, 0.15) is 21.6 Å². The first kappa shape index (κ1) is 16.4. The zero-order valence-electron chi connectivity index (χ0n) is 14.2. The second-order valence-corrected chi connectivity index (χ2v) is 6.39. The average Bonchev–Trinajstić information content (AvgIpc) is 3.04. The summed E-state index contributed by atoms with van der Waals surface area (Å²) in [6.07, 6.45) is 1.75. The van der Waals surface area contributed by atoms with Gasteiger partial charge in [0.2, 0.25) is 0 Å². The van der Waals surface area contributed by atoms with Gasteiger partial charge in [0.05, 0.1) is 24.0 Å². The SMILES string of the molecule is Cc1ccccc1-c1ncc2n1CCN(C(=O)c1ccc(F)cc1F)C2. The third kappa shape index (κ3) is 2.77. The topological polar surface area (TPSA) is 38.1 Å². The van der Waals surface area contributed by atoms with Crippen molar-refractivity contribution in [3.05, 3.63) is 77.1 Å². The molecule has 2 aromatic carbocycles. The fourth-order valence-electron chi connectivity index (χ4n) is 3.33. The molecule has 0 aliphatic carbocycles. The monoisotopic (exact) mass is 353 g/mol. The molecule has 4 nitrogen and oxygen atoms in total. The first-order valence-electron chi connectivity index (χ1n) is 8.39. The lowest BCUT2D eigenvalue weighted by Gasteiger charge is -2.29. The van der Waals surface area contributed by atoms with Crippen LogP contribution in [0.15, 0.2) is 48.7 Å². The molecule has 0 bridgehead atoms. The van der Waals surface area contributed by atoms with Gasteiger partial charge in [0, 0.05) is 24.7 Å². The van der Waals surface area contributed by atoms with E-state index in [9.17, 15) is 13.6 Å². The van der Waals surface area contributed by atoms with Crippen molar-refractivity contribution in [2.45, 2.75) is 20.0 Å². The number of fused-ring (bicyclic) bond motifs is 1. The van der Waals surface area contributed by atoms with E-state index in [0.29, 0.717) is 19.6 Å². The summed E-state index contributed by atoms with van der Waals surface area (Å²) in [5.74, 6) is -1.10. The van der Waals surface area contributed by atoms with E-state index >= 15 is 0 Å². The molecule has 132 valence electrons. The van der Waals surface area contributed by atoms with Gasteiger partial charge in [0.25, 0.3) is 5.91 Å². The van der Waals surface area contributed by atoms with Crippen LogP contribution in [0.3, 0.4) is 0 Å². The molecule has 0 radical (unpaired) electrons. The molecule has 0 spiro atoms. The zero-order valence-corrected chi connectivity index (χ0v) is 14.2. The van der Waals surface area contributed by atoms with Crippen molar-refractivity contribution >= 4 is 5.91 Å². The van der Waals surface area contributed by atoms with Gasteiger partial charge in [-0.05, 0) is 24.6 Å². The highest BCUT2D eigenvalue weighted by molar-refractivity contribution is 5.94. The predicted octanol–water partition coefficient (Wildman–Crippen LogP) is 3.79. The molecule has 2 heterocycles. The second-order valence-electron chi connectivity index (χ2n) is 6.39. The number of carbonyl (C=O) groups excluding carboxylic acids is 1. The van der Waals surface area contributed by atoms with Crippen LogP contribution in [0.4, 0.5) is 8.78 Å². The molecule has 1 aliphatic heterocycles. The minimum absolute atomic E-state index is 0.113. The summed E-state index contributed by atoms with van der Waals surface area (Å²) in [6, 6.07) is 11.0.